The fourth-order valence-corrected chi connectivity index (χ4v) is 5.76. The van der Waals surface area contributed by atoms with Crippen molar-refractivity contribution in [1.29, 1.82) is 0 Å². The fraction of sp³-hybridized carbons (Fsp3) is 0.500. The Morgan fingerprint density at radius 3 is 2.66 bits per heavy atom. The van der Waals surface area contributed by atoms with Gasteiger partial charge in [-0.25, -0.2) is 14.8 Å². The second-order valence-corrected chi connectivity index (χ2v) is 10.1. The molecule has 2 N–H and O–H groups in total. The Bertz CT molecular complexity index is 1000. The minimum Gasteiger partial charge on any atom is -0.481 e. The number of fused-ring (bicyclic) bond motifs is 1. The van der Waals surface area contributed by atoms with Crippen LogP contribution in [0.5, 0.6) is 0 Å². The summed E-state index contributed by atoms with van der Waals surface area (Å²) in [5.74, 6) is -0.538. The number of hydrazine groups is 1. The van der Waals surface area contributed by atoms with Gasteiger partial charge >= 0.3 is 12.0 Å². The summed E-state index contributed by atoms with van der Waals surface area (Å²) in [6.45, 7) is 0.884. The first-order valence-electron chi connectivity index (χ1n) is 11.8. The molecule has 3 heterocycles. The zero-order chi connectivity index (χ0) is 24.9. The summed E-state index contributed by atoms with van der Waals surface area (Å²) in [5, 5.41) is 15.2. The zero-order valence-corrected chi connectivity index (χ0v) is 20.6. The van der Waals surface area contributed by atoms with E-state index in [9.17, 15) is 24.3 Å². The number of amides is 4. The summed E-state index contributed by atoms with van der Waals surface area (Å²) >= 11 is 1.78. The Morgan fingerprint density at radius 1 is 1.20 bits per heavy atom. The van der Waals surface area contributed by atoms with Crippen molar-refractivity contribution in [1.82, 2.24) is 25.1 Å². The van der Waals surface area contributed by atoms with Crippen LogP contribution >= 0.6 is 11.8 Å². The second kappa shape index (κ2) is 11.1. The third-order valence-corrected chi connectivity index (χ3v) is 7.65. The highest BCUT2D eigenvalue weighted by Gasteiger charge is 2.50. The molecule has 10 nitrogen and oxygen atoms in total. The summed E-state index contributed by atoms with van der Waals surface area (Å²) in [5.41, 5.74) is 0.940. The predicted molar refractivity (Wildman–Crippen MR) is 131 cm³/mol. The fourth-order valence-electron chi connectivity index (χ4n) is 4.79. The van der Waals surface area contributed by atoms with E-state index >= 15 is 0 Å². The molecule has 0 unspecified atom stereocenters. The first-order valence-corrected chi connectivity index (χ1v) is 12.8. The molecule has 2 saturated heterocycles. The molecule has 0 spiro atoms. The minimum absolute atomic E-state index is 0.00748. The Hall–Kier alpha value is -3.05. The number of carboxylic acids is 1. The van der Waals surface area contributed by atoms with E-state index in [1.165, 1.54) is 14.8 Å². The molecule has 11 heteroatoms. The second-order valence-electron chi connectivity index (χ2n) is 8.88. The number of carbonyl (C=O) groups excluding carboxylic acids is 3. The smallest absolute Gasteiger partial charge is 0.334 e. The number of aliphatic carboxylic acids is 1. The topological polar surface area (TPSA) is 114 Å². The average Bonchev–Trinajstić information content (AvgIpc) is 3.35. The third kappa shape index (κ3) is 5.79. The van der Waals surface area contributed by atoms with Gasteiger partial charge in [0.1, 0.15) is 12.2 Å². The Kier molecular flexibility index (Phi) is 7.97. The Labute approximate surface area is 208 Å². The van der Waals surface area contributed by atoms with Crippen molar-refractivity contribution in [3.63, 3.8) is 0 Å². The van der Waals surface area contributed by atoms with Crippen LogP contribution < -0.4 is 5.32 Å². The van der Waals surface area contributed by atoms with E-state index in [0.717, 1.165) is 17.7 Å². The van der Waals surface area contributed by atoms with Gasteiger partial charge in [-0.1, -0.05) is 36.4 Å². The monoisotopic (exact) mass is 501 g/mol. The van der Waals surface area contributed by atoms with Crippen LogP contribution in [0.2, 0.25) is 0 Å². The molecule has 0 aliphatic carbocycles. The van der Waals surface area contributed by atoms with Gasteiger partial charge in [0.25, 0.3) is 0 Å². The predicted octanol–water partition coefficient (Wildman–Crippen LogP) is 1.70. The summed E-state index contributed by atoms with van der Waals surface area (Å²) < 4.78 is 0. The molecule has 35 heavy (non-hydrogen) atoms. The van der Waals surface area contributed by atoms with Crippen LogP contribution in [0.1, 0.15) is 31.2 Å². The Balaban J connectivity index is 1.55. The molecule has 0 radical (unpaired) electrons. The van der Waals surface area contributed by atoms with E-state index in [2.05, 4.69) is 11.4 Å². The molecule has 1 aromatic carbocycles. The lowest BCUT2D eigenvalue weighted by Gasteiger charge is -2.54. The van der Waals surface area contributed by atoms with Crippen molar-refractivity contribution in [2.75, 3.05) is 32.4 Å². The number of piperazine rings is 1. The number of rotatable bonds is 8. The number of hydrogen-bond acceptors (Lipinski definition) is 6. The number of thioether (sulfide) groups is 1. The summed E-state index contributed by atoms with van der Waals surface area (Å²) in [6.07, 6.45) is 2.96. The molecule has 4 rings (SSSR count). The van der Waals surface area contributed by atoms with E-state index in [4.69, 9.17) is 0 Å². The molecule has 3 aliphatic rings. The maximum Gasteiger partial charge on any atom is 0.334 e. The number of carbonyl (C=O) groups is 4. The van der Waals surface area contributed by atoms with Crippen LogP contribution in [0.25, 0.3) is 0 Å². The van der Waals surface area contributed by atoms with Gasteiger partial charge in [0.05, 0.1) is 13.1 Å². The molecule has 2 fully saturated rings. The van der Waals surface area contributed by atoms with Crippen LogP contribution in [0.4, 0.5) is 4.79 Å². The number of likely N-dealkylation sites (N-methyl/N-ethyl adjacent to an activating group) is 1. The van der Waals surface area contributed by atoms with Gasteiger partial charge in [-0.2, -0.15) is 0 Å². The quantitative estimate of drug-likeness (QED) is 0.557. The summed E-state index contributed by atoms with van der Waals surface area (Å²) in [6, 6.07) is 8.22. The SMILES string of the molecule is CN1CC(=O)N2[C@@H](CCC(=O)O)C(=O)N(CCC3=CCCS3)C[C@@H]2N1C(=O)NCc1ccccc1. The number of allylic oxidation sites excluding steroid dienone is 1. The summed E-state index contributed by atoms with van der Waals surface area (Å²) in [4.78, 5) is 55.4. The van der Waals surface area contributed by atoms with Crippen LogP contribution in [0, 0.1) is 0 Å². The van der Waals surface area contributed by atoms with Crippen molar-refractivity contribution in [3.05, 3.63) is 46.9 Å². The molecule has 3 aliphatic heterocycles. The average molecular weight is 502 g/mol. The number of hydrogen-bond donors (Lipinski definition) is 2. The van der Waals surface area contributed by atoms with Gasteiger partial charge in [-0.15, -0.1) is 11.8 Å². The van der Waals surface area contributed by atoms with E-state index in [1.54, 1.807) is 28.7 Å². The van der Waals surface area contributed by atoms with E-state index in [0.29, 0.717) is 19.5 Å². The molecular formula is C24H31N5O5S. The molecule has 0 bridgehead atoms. The van der Waals surface area contributed by atoms with E-state index in [1.807, 2.05) is 30.3 Å². The Morgan fingerprint density at radius 2 is 1.97 bits per heavy atom. The van der Waals surface area contributed by atoms with Crippen molar-refractivity contribution in [2.24, 2.45) is 0 Å². The van der Waals surface area contributed by atoms with Crippen LogP contribution in [0.3, 0.4) is 0 Å². The number of benzene rings is 1. The van der Waals surface area contributed by atoms with Crippen molar-refractivity contribution < 1.29 is 24.3 Å². The molecule has 188 valence electrons. The van der Waals surface area contributed by atoms with Gasteiger partial charge in [-0.05, 0) is 29.7 Å². The number of urea groups is 1. The van der Waals surface area contributed by atoms with Gasteiger partial charge in [-0.3, -0.25) is 14.4 Å². The maximum atomic E-state index is 13.4. The van der Waals surface area contributed by atoms with Crippen LogP contribution in [-0.4, -0.2) is 93.4 Å². The molecule has 1 aromatic rings. The standard InChI is InChI=1S/C24H31N5O5S/c1-26-16-21(30)28-19(9-10-22(31)32)23(33)27(12-11-18-8-5-13-35-18)15-20(28)29(26)24(34)25-14-17-6-3-2-4-7-17/h2-4,6-8,19-20H,5,9-16H2,1H3,(H,25,34)(H,31,32)/t19-,20-/m0/s1. The maximum absolute atomic E-state index is 13.4. The van der Waals surface area contributed by atoms with E-state index in [-0.39, 0.29) is 43.8 Å². The highest BCUT2D eigenvalue weighted by Crippen LogP contribution is 2.31. The lowest BCUT2D eigenvalue weighted by atomic mass is 10.0. The van der Waals surface area contributed by atoms with Crippen molar-refractivity contribution in [2.45, 2.75) is 44.4 Å². The lowest BCUT2D eigenvalue weighted by Crippen LogP contribution is -2.76. The van der Waals surface area contributed by atoms with Crippen LogP contribution in [-0.2, 0) is 20.9 Å². The van der Waals surface area contributed by atoms with Gasteiger partial charge in [0.2, 0.25) is 11.8 Å². The van der Waals surface area contributed by atoms with E-state index < -0.39 is 18.2 Å². The van der Waals surface area contributed by atoms with Crippen molar-refractivity contribution in [3.8, 4) is 0 Å². The largest absolute Gasteiger partial charge is 0.481 e. The highest BCUT2D eigenvalue weighted by molar-refractivity contribution is 8.03. The lowest BCUT2D eigenvalue weighted by molar-refractivity contribution is -0.187. The molecule has 2 atom stereocenters. The summed E-state index contributed by atoms with van der Waals surface area (Å²) in [7, 11) is 1.67. The number of nitrogens with one attached hydrogen (secondary N) is 1. The third-order valence-electron chi connectivity index (χ3n) is 6.47. The van der Waals surface area contributed by atoms with Crippen LogP contribution in [0.15, 0.2) is 41.3 Å². The van der Waals surface area contributed by atoms with Gasteiger partial charge in [0, 0.05) is 32.3 Å². The molecule has 4 amide bonds. The molecule has 0 aromatic heterocycles. The zero-order valence-electron chi connectivity index (χ0n) is 19.8. The minimum atomic E-state index is -1.03. The number of nitrogens with zero attached hydrogens (tertiary/aromatic N) is 4. The first-order chi connectivity index (χ1) is 16.8. The molecule has 0 saturated carbocycles. The van der Waals surface area contributed by atoms with Gasteiger partial charge in [0.15, 0.2) is 0 Å². The normalized spacial score (nSPS) is 22.8. The van der Waals surface area contributed by atoms with Crippen molar-refractivity contribution >= 4 is 35.6 Å². The first kappa shape index (κ1) is 25.1. The molecular weight excluding hydrogens is 470 g/mol. The highest BCUT2D eigenvalue weighted by atomic mass is 32.2. The van der Waals surface area contributed by atoms with Gasteiger partial charge < -0.3 is 20.2 Å². The number of carboxylic acid groups (broad SMARTS) is 1.